The Hall–Kier alpha value is -0.410. The predicted octanol–water partition coefficient (Wildman–Crippen LogP) is 4.38. The normalized spacial score (nSPS) is 28.1. The van der Waals surface area contributed by atoms with E-state index in [2.05, 4.69) is 40.0 Å². The van der Waals surface area contributed by atoms with E-state index in [0.29, 0.717) is 12.0 Å². The van der Waals surface area contributed by atoms with Gasteiger partial charge in [0.15, 0.2) is 0 Å². The van der Waals surface area contributed by atoms with E-state index >= 15 is 0 Å². The van der Waals surface area contributed by atoms with Crippen molar-refractivity contribution in [1.29, 1.82) is 0 Å². The molecule has 0 bridgehead atoms. The summed E-state index contributed by atoms with van der Waals surface area (Å²) in [7, 11) is 0. The molecule has 1 aliphatic rings. The van der Waals surface area contributed by atoms with E-state index in [-0.39, 0.29) is 5.41 Å². The van der Waals surface area contributed by atoms with E-state index in [4.69, 9.17) is 10.7 Å². The smallest absolute Gasteiger partial charge is 0.0931 e. The zero-order valence-electron chi connectivity index (χ0n) is 13.6. The molecule has 2 N–H and O–H groups in total. The maximum absolute atomic E-state index is 6.36. The lowest BCUT2D eigenvalue weighted by Gasteiger charge is -2.35. The van der Waals surface area contributed by atoms with Crippen LogP contribution in [0.15, 0.2) is 5.38 Å². The van der Waals surface area contributed by atoms with Crippen LogP contribution < -0.4 is 5.73 Å². The van der Waals surface area contributed by atoms with Crippen molar-refractivity contribution in [3.05, 3.63) is 16.1 Å². The summed E-state index contributed by atoms with van der Waals surface area (Å²) in [6.45, 7) is 11.4. The van der Waals surface area contributed by atoms with Crippen LogP contribution in [0.4, 0.5) is 0 Å². The molecule has 1 saturated carbocycles. The summed E-state index contributed by atoms with van der Waals surface area (Å²) in [5, 5.41) is 3.50. The molecule has 0 radical (unpaired) electrons. The van der Waals surface area contributed by atoms with Gasteiger partial charge in [-0.2, -0.15) is 0 Å². The molecule has 1 heterocycles. The molecule has 3 heteroatoms. The third-order valence-electron chi connectivity index (χ3n) is 4.78. The average Bonchev–Trinajstić information content (AvgIpc) is 2.80. The van der Waals surface area contributed by atoms with Crippen LogP contribution in [0.3, 0.4) is 0 Å². The van der Waals surface area contributed by atoms with Gasteiger partial charge >= 0.3 is 0 Å². The van der Waals surface area contributed by atoms with Gasteiger partial charge in [-0.1, -0.05) is 34.6 Å². The Balaban J connectivity index is 2.02. The van der Waals surface area contributed by atoms with Crippen molar-refractivity contribution in [2.75, 3.05) is 0 Å². The highest BCUT2D eigenvalue weighted by molar-refractivity contribution is 7.09. The Kier molecular flexibility index (Phi) is 4.91. The van der Waals surface area contributed by atoms with Gasteiger partial charge in [0.1, 0.15) is 0 Å². The van der Waals surface area contributed by atoms with Crippen molar-refractivity contribution in [2.45, 2.75) is 71.8 Å². The Morgan fingerprint density at radius 1 is 1.35 bits per heavy atom. The van der Waals surface area contributed by atoms with E-state index in [0.717, 1.165) is 18.3 Å². The molecule has 0 aromatic carbocycles. The van der Waals surface area contributed by atoms with Crippen LogP contribution in [-0.2, 0) is 11.8 Å². The monoisotopic (exact) mass is 294 g/mol. The van der Waals surface area contributed by atoms with Gasteiger partial charge in [-0.15, -0.1) is 11.3 Å². The summed E-state index contributed by atoms with van der Waals surface area (Å²) < 4.78 is 0. The highest BCUT2D eigenvalue weighted by atomic mass is 32.1. The molecule has 1 aliphatic carbocycles. The molecular formula is C17H30N2S. The average molecular weight is 295 g/mol. The molecule has 3 unspecified atom stereocenters. The number of hydrogen-bond acceptors (Lipinski definition) is 3. The van der Waals surface area contributed by atoms with Gasteiger partial charge in [0.05, 0.1) is 10.7 Å². The minimum Gasteiger partial charge on any atom is -0.327 e. The van der Waals surface area contributed by atoms with E-state index in [1.165, 1.54) is 30.0 Å². The Morgan fingerprint density at radius 3 is 2.60 bits per heavy atom. The summed E-state index contributed by atoms with van der Waals surface area (Å²) in [5.41, 5.74) is 7.74. The lowest BCUT2D eigenvalue weighted by atomic mass is 9.73. The van der Waals surface area contributed by atoms with Gasteiger partial charge < -0.3 is 5.73 Å². The maximum atomic E-state index is 6.36. The van der Waals surface area contributed by atoms with Crippen molar-refractivity contribution >= 4 is 11.3 Å². The number of thiazole rings is 1. The zero-order valence-corrected chi connectivity index (χ0v) is 14.5. The first-order valence-corrected chi connectivity index (χ1v) is 8.85. The molecule has 1 fully saturated rings. The third kappa shape index (κ3) is 3.82. The van der Waals surface area contributed by atoms with Gasteiger partial charge in [0.25, 0.3) is 0 Å². The highest BCUT2D eigenvalue weighted by Gasteiger charge is 2.30. The molecular weight excluding hydrogens is 264 g/mol. The molecule has 0 saturated heterocycles. The molecule has 0 aliphatic heterocycles. The van der Waals surface area contributed by atoms with Crippen molar-refractivity contribution in [3.63, 3.8) is 0 Å². The van der Waals surface area contributed by atoms with Gasteiger partial charge in [-0.3, -0.25) is 0 Å². The molecule has 2 nitrogen and oxygen atoms in total. The fourth-order valence-electron chi connectivity index (χ4n) is 3.14. The Labute approximate surface area is 128 Å². The van der Waals surface area contributed by atoms with Crippen molar-refractivity contribution < 1.29 is 0 Å². The molecule has 20 heavy (non-hydrogen) atoms. The fraction of sp³-hybridized carbons (Fsp3) is 0.824. The zero-order chi connectivity index (χ0) is 14.9. The quantitative estimate of drug-likeness (QED) is 0.898. The summed E-state index contributed by atoms with van der Waals surface area (Å²) in [6.07, 6.45) is 4.85. The summed E-state index contributed by atoms with van der Waals surface area (Å²) in [6, 6.07) is 0.368. The van der Waals surface area contributed by atoms with Crippen LogP contribution in [-0.4, -0.2) is 11.0 Å². The molecule has 0 amide bonds. The second-order valence-corrected chi connectivity index (χ2v) is 8.76. The van der Waals surface area contributed by atoms with Crippen LogP contribution in [0.1, 0.15) is 64.6 Å². The topological polar surface area (TPSA) is 38.9 Å². The standard InChI is InChI=1S/C17H30N2S/c1-11(2)12-6-7-14(18)13(8-12)9-16-19-15(10-20-16)17(3,4)5/h10-14H,6-9,18H2,1-5H3. The first-order chi connectivity index (χ1) is 9.27. The first kappa shape index (κ1) is 16.0. The van der Waals surface area contributed by atoms with Crippen LogP contribution in [0.25, 0.3) is 0 Å². The summed E-state index contributed by atoms with van der Waals surface area (Å²) in [5.74, 6) is 2.25. The van der Waals surface area contributed by atoms with E-state index in [1.807, 2.05) is 11.3 Å². The van der Waals surface area contributed by atoms with Crippen LogP contribution in [0.2, 0.25) is 0 Å². The molecule has 114 valence electrons. The molecule has 3 atom stereocenters. The van der Waals surface area contributed by atoms with Crippen molar-refractivity contribution in [3.8, 4) is 0 Å². The lowest BCUT2D eigenvalue weighted by molar-refractivity contribution is 0.189. The minimum absolute atomic E-state index is 0.157. The van der Waals surface area contributed by atoms with Gasteiger partial charge in [-0.05, 0) is 37.0 Å². The van der Waals surface area contributed by atoms with Crippen molar-refractivity contribution in [1.82, 2.24) is 4.98 Å². The van der Waals surface area contributed by atoms with Crippen LogP contribution in [0.5, 0.6) is 0 Å². The second-order valence-electron chi connectivity index (χ2n) is 7.82. The summed E-state index contributed by atoms with van der Waals surface area (Å²) >= 11 is 1.82. The number of nitrogens with two attached hydrogens (primary N) is 1. The second kappa shape index (κ2) is 6.15. The van der Waals surface area contributed by atoms with Crippen LogP contribution in [0, 0.1) is 17.8 Å². The molecule has 1 aromatic rings. The molecule has 2 rings (SSSR count). The van der Waals surface area contributed by atoms with Gasteiger partial charge in [-0.25, -0.2) is 4.98 Å². The Bertz CT molecular complexity index is 430. The third-order valence-corrected chi connectivity index (χ3v) is 5.65. The predicted molar refractivity (Wildman–Crippen MR) is 88.2 cm³/mol. The van der Waals surface area contributed by atoms with Crippen molar-refractivity contribution in [2.24, 2.45) is 23.5 Å². The fourth-order valence-corrected chi connectivity index (χ4v) is 4.25. The van der Waals surface area contributed by atoms with Crippen LogP contribution >= 0.6 is 11.3 Å². The van der Waals surface area contributed by atoms with Gasteiger partial charge in [0.2, 0.25) is 0 Å². The van der Waals surface area contributed by atoms with E-state index in [1.54, 1.807) is 0 Å². The molecule has 0 spiro atoms. The van der Waals surface area contributed by atoms with Gasteiger partial charge in [0, 0.05) is 23.3 Å². The largest absolute Gasteiger partial charge is 0.327 e. The number of nitrogens with zero attached hydrogens (tertiary/aromatic N) is 1. The first-order valence-electron chi connectivity index (χ1n) is 7.98. The number of hydrogen-bond donors (Lipinski definition) is 1. The summed E-state index contributed by atoms with van der Waals surface area (Å²) in [4.78, 5) is 4.84. The maximum Gasteiger partial charge on any atom is 0.0931 e. The SMILES string of the molecule is CC(C)C1CCC(N)C(Cc2nc(C(C)(C)C)cs2)C1. The lowest BCUT2D eigenvalue weighted by Crippen LogP contribution is -2.38. The molecule has 1 aromatic heterocycles. The van der Waals surface area contributed by atoms with E-state index < -0.39 is 0 Å². The minimum atomic E-state index is 0.157. The highest BCUT2D eigenvalue weighted by Crippen LogP contribution is 2.35. The number of aromatic nitrogens is 1. The van der Waals surface area contributed by atoms with E-state index in [9.17, 15) is 0 Å². The number of rotatable bonds is 3. The Morgan fingerprint density at radius 2 is 2.05 bits per heavy atom.